The van der Waals surface area contributed by atoms with Crippen molar-refractivity contribution in [3.8, 4) is 0 Å². The smallest absolute Gasteiger partial charge is 0.224 e. The average Bonchev–Trinajstić information content (AvgIpc) is 2.44. The van der Waals surface area contributed by atoms with E-state index in [0.717, 1.165) is 24.9 Å². The summed E-state index contributed by atoms with van der Waals surface area (Å²) in [7, 11) is 0. The molecule has 0 spiro atoms. The molecule has 0 saturated carbocycles. The lowest BCUT2D eigenvalue weighted by molar-refractivity contribution is -0.116. The van der Waals surface area contributed by atoms with Crippen molar-refractivity contribution in [3.63, 3.8) is 0 Å². The van der Waals surface area contributed by atoms with Gasteiger partial charge in [-0.15, -0.1) is 0 Å². The van der Waals surface area contributed by atoms with E-state index in [1.54, 1.807) is 0 Å². The number of nitrogens with two attached hydrogens (primary N) is 1. The van der Waals surface area contributed by atoms with Crippen molar-refractivity contribution >= 4 is 11.6 Å². The van der Waals surface area contributed by atoms with Gasteiger partial charge in [0, 0.05) is 12.1 Å². The molecule has 0 fully saturated rings. The summed E-state index contributed by atoms with van der Waals surface area (Å²) in [5, 5.41) is 3.08. The van der Waals surface area contributed by atoms with Gasteiger partial charge in [0.05, 0.1) is 0 Å². The molecular formula is C16H26N2O. The van der Waals surface area contributed by atoms with Crippen LogP contribution >= 0.6 is 0 Å². The minimum atomic E-state index is 0.0934. The molecule has 0 aliphatic heterocycles. The van der Waals surface area contributed by atoms with Crippen LogP contribution in [0.5, 0.6) is 0 Å². The summed E-state index contributed by atoms with van der Waals surface area (Å²) in [6.45, 7) is 6.94. The third kappa shape index (κ3) is 4.67. The predicted molar refractivity (Wildman–Crippen MR) is 81.3 cm³/mol. The maximum atomic E-state index is 12.0. The number of nitrogens with one attached hydrogen (secondary N) is 1. The summed E-state index contributed by atoms with van der Waals surface area (Å²) in [5.41, 5.74) is 9.00. The zero-order valence-electron chi connectivity index (χ0n) is 12.3. The molecule has 0 bridgehead atoms. The molecule has 0 heterocycles. The number of amides is 1. The van der Waals surface area contributed by atoms with Gasteiger partial charge in [0.2, 0.25) is 5.91 Å². The van der Waals surface area contributed by atoms with E-state index < -0.39 is 0 Å². The number of carbonyl (C=O) groups is 1. The van der Waals surface area contributed by atoms with Gasteiger partial charge in [-0.1, -0.05) is 39.0 Å². The highest BCUT2D eigenvalue weighted by molar-refractivity contribution is 5.92. The first-order valence-corrected chi connectivity index (χ1v) is 7.23. The topological polar surface area (TPSA) is 55.1 Å². The van der Waals surface area contributed by atoms with Gasteiger partial charge in [-0.2, -0.15) is 0 Å². The molecule has 1 aromatic carbocycles. The molecule has 0 aliphatic rings. The Morgan fingerprint density at radius 1 is 1.26 bits per heavy atom. The standard InChI is InChI=1S/C16H26N2O/c1-4-13-7-6-8-14(5-2)16(13)18-15(19)10-9-12(3)11-17/h6-8,12H,4-5,9-11,17H2,1-3H3,(H,18,19). The third-order valence-electron chi connectivity index (χ3n) is 3.53. The lowest BCUT2D eigenvalue weighted by Gasteiger charge is -2.15. The van der Waals surface area contributed by atoms with Crippen LogP contribution in [-0.2, 0) is 17.6 Å². The molecule has 1 unspecified atom stereocenters. The largest absolute Gasteiger partial charge is 0.330 e. The summed E-state index contributed by atoms with van der Waals surface area (Å²) in [4.78, 5) is 12.0. The Hall–Kier alpha value is -1.35. The molecule has 0 aromatic heterocycles. The molecule has 3 heteroatoms. The van der Waals surface area contributed by atoms with E-state index >= 15 is 0 Å². The highest BCUT2D eigenvalue weighted by Crippen LogP contribution is 2.23. The molecule has 3 N–H and O–H groups in total. The molecule has 0 radical (unpaired) electrons. The van der Waals surface area contributed by atoms with Crippen LogP contribution in [0, 0.1) is 5.92 Å². The van der Waals surface area contributed by atoms with Crippen molar-refractivity contribution in [1.29, 1.82) is 0 Å². The van der Waals surface area contributed by atoms with Gasteiger partial charge in [-0.05, 0) is 42.9 Å². The van der Waals surface area contributed by atoms with Gasteiger partial charge in [0.1, 0.15) is 0 Å². The Labute approximate surface area is 116 Å². The maximum absolute atomic E-state index is 12.0. The van der Waals surface area contributed by atoms with Crippen molar-refractivity contribution in [2.75, 3.05) is 11.9 Å². The quantitative estimate of drug-likeness (QED) is 0.793. The summed E-state index contributed by atoms with van der Waals surface area (Å²) in [5.74, 6) is 0.494. The van der Waals surface area contributed by atoms with Gasteiger partial charge in [-0.25, -0.2) is 0 Å². The molecule has 19 heavy (non-hydrogen) atoms. The number of benzene rings is 1. The molecule has 1 atom stereocenters. The number of hydrogen-bond acceptors (Lipinski definition) is 2. The highest BCUT2D eigenvalue weighted by Gasteiger charge is 2.11. The van der Waals surface area contributed by atoms with Crippen LogP contribution < -0.4 is 11.1 Å². The Kier molecular flexibility index (Phi) is 6.57. The minimum Gasteiger partial charge on any atom is -0.330 e. The van der Waals surface area contributed by atoms with Gasteiger partial charge in [-0.3, -0.25) is 4.79 Å². The Bertz CT molecular complexity index is 393. The summed E-state index contributed by atoms with van der Waals surface area (Å²) < 4.78 is 0. The van der Waals surface area contributed by atoms with Crippen LogP contribution in [0.2, 0.25) is 0 Å². The first-order valence-electron chi connectivity index (χ1n) is 7.23. The van der Waals surface area contributed by atoms with Gasteiger partial charge in [0.25, 0.3) is 0 Å². The minimum absolute atomic E-state index is 0.0934. The van der Waals surface area contributed by atoms with Crippen LogP contribution in [0.25, 0.3) is 0 Å². The van der Waals surface area contributed by atoms with E-state index in [0.29, 0.717) is 18.9 Å². The maximum Gasteiger partial charge on any atom is 0.224 e. The van der Waals surface area contributed by atoms with E-state index in [9.17, 15) is 4.79 Å². The number of carbonyl (C=O) groups excluding carboxylic acids is 1. The molecule has 0 saturated heterocycles. The summed E-state index contributed by atoms with van der Waals surface area (Å²) in [6.07, 6.45) is 3.25. The highest BCUT2D eigenvalue weighted by atomic mass is 16.1. The van der Waals surface area contributed by atoms with Crippen molar-refractivity contribution < 1.29 is 4.79 Å². The molecule has 1 rings (SSSR count). The lowest BCUT2D eigenvalue weighted by atomic mass is 10.0. The van der Waals surface area contributed by atoms with Crippen LogP contribution in [0.1, 0.15) is 44.7 Å². The summed E-state index contributed by atoms with van der Waals surface area (Å²) in [6, 6.07) is 6.22. The zero-order chi connectivity index (χ0) is 14.3. The van der Waals surface area contributed by atoms with Crippen LogP contribution in [0.4, 0.5) is 5.69 Å². The second kappa shape index (κ2) is 7.95. The Morgan fingerprint density at radius 2 is 1.84 bits per heavy atom. The van der Waals surface area contributed by atoms with Gasteiger partial charge in [0.15, 0.2) is 0 Å². The van der Waals surface area contributed by atoms with E-state index in [2.05, 4.69) is 44.3 Å². The van der Waals surface area contributed by atoms with Crippen molar-refractivity contribution in [2.45, 2.75) is 46.5 Å². The summed E-state index contributed by atoms with van der Waals surface area (Å²) >= 11 is 0. The number of hydrogen-bond donors (Lipinski definition) is 2. The number of anilines is 1. The van der Waals surface area contributed by atoms with Crippen molar-refractivity contribution in [2.24, 2.45) is 11.7 Å². The molecule has 1 aromatic rings. The molecule has 1 amide bonds. The van der Waals surface area contributed by atoms with E-state index in [1.165, 1.54) is 11.1 Å². The van der Waals surface area contributed by atoms with Gasteiger partial charge < -0.3 is 11.1 Å². The zero-order valence-corrected chi connectivity index (χ0v) is 12.3. The van der Waals surface area contributed by atoms with Crippen LogP contribution in [0.3, 0.4) is 0 Å². The van der Waals surface area contributed by atoms with Gasteiger partial charge >= 0.3 is 0 Å². The molecule has 3 nitrogen and oxygen atoms in total. The fourth-order valence-electron chi connectivity index (χ4n) is 2.10. The van der Waals surface area contributed by atoms with Crippen molar-refractivity contribution in [3.05, 3.63) is 29.3 Å². The molecule has 0 aliphatic carbocycles. The SMILES string of the molecule is CCc1cccc(CC)c1NC(=O)CCC(C)CN. The van der Waals surface area contributed by atoms with E-state index in [4.69, 9.17) is 5.73 Å². The van der Waals surface area contributed by atoms with Crippen LogP contribution in [0.15, 0.2) is 18.2 Å². The third-order valence-corrected chi connectivity index (χ3v) is 3.53. The lowest BCUT2D eigenvalue weighted by Crippen LogP contribution is -2.17. The number of para-hydroxylation sites is 1. The number of aryl methyl sites for hydroxylation is 2. The average molecular weight is 262 g/mol. The molecular weight excluding hydrogens is 236 g/mol. The van der Waals surface area contributed by atoms with Crippen molar-refractivity contribution in [1.82, 2.24) is 0 Å². The van der Waals surface area contributed by atoms with Crippen LogP contribution in [-0.4, -0.2) is 12.5 Å². The van der Waals surface area contributed by atoms with E-state index in [-0.39, 0.29) is 5.91 Å². The second-order valence-corrected chi connectivity index (χ2v) is 5.09. The number of rotatable bonds is 7. The van der Waals surface area contributed by atoms with E-state index in [1.807, 2.05) is 0 Å². The monoisotopic (exact) mass is 262 g/mol. The second-order valence-electron chi connectivity index (χ2n) is 5.09. The first-order chi connectivity index (χ1) is 9.12. The normalized spacial score (nSPS) is 12.2. The Balaban J connectivity index is 2.72. The predicted octanol–water partition coefficient (Wildman–Crippen LogP) is 3.12. The molecule has 106 valence electrons. The Morgan fingerprint density at radius 3 is 2.32 bits per heavy atom. The fraction of sp³-hybridized carbons (Fsp3) is 0.562. The first kappa shape index (κ1) is 15.7. The fourth-order valence-corrected chi connectivity index (χ4v) is 2.10.